The van der Waals surface area contributed by atoms with E-state index in [2.05, 4.69) is 27.2 Å². The Balaban J connectivity index is 0.00000169. The van der Waals surface area contributed by atoms with Crippen molar-refractivity contribution in [2.24, 2.45) is 0 Å². The van der Waals surface area contributed by atoms with Crippen molar-refractivity contribution in [1.29, 1.82) is 0 Å². The molecule has 1 aromatic heterocycles. The van der Waals surface area contributed by atoms with Crippen LogP contribution in [0.1, 0.15) is 13.8 Å². The van der Waals surface area contributed by atoms with Crippen LogP contribution >= 0.6 is 22.6 Å². The van der Waals surface area contributed by atoms with E-state index >= 15 is 0 Å². The van der Waals surface area contributed by atoms with Crippen LogP contribution in [0.3, 0.4) is 0 Å². The van der Waals surface area contributed by atoms with E-state index in [1.165, 1.54) is 0 Å². The third kappa shape index (κ3) is 4.57. The van der Waals surface area contributed by atoms with Gasteiger partial charge in [-0.1, -0.05) is 28.7 Å². The second kappa shape index (κ2) is 5.88. The van der Waals surface area contributed by atoms with Gasteiger partial charge in [-0.25, -0.2) is 4.57 Å². The fourth-order valence-electron chi connectivity index (χ4n) is 0.965. The number of halogens is 2. The normalized spacial score (nSPS) is 13.1. The highest BCUT2D eigenvalue weighted by atomic mass is 127. The third-order valence-corrected chi connectivity index (χ3v) is 3.83. The van der Waals surface area contributed by atoms with Crippen LogP contribution in [0.5, 0.6) is 0 Å². The van der Waals surface area contributed by atoms with Gasteiger partial charge in [0.1, 0.15) is 0 Å². The summed E-state index contributed by atoms with van der Waals surface area (Å²) in [5.41, 5.74) is -0.622. The average Bonchev–Trinajstić information content (AvgIpc) is 2.04. The van der Waals surface area contributed by atoms with Gasteiger partial charge in [0.15, 0.2) is 18.9 Å². The summed E-state index contributed by atoms with van der Waals surface area (Å²) in [7, 11) is 0. The van der Waals surface area contributed by atoms with Crippen LogP contribution in [0.25, 0.3) is 0 Å². The summed E-state index contributed by atoms with van der Waals surface area (Å²) in [6.07, 6.45) is 4.02. The lowest BCUT2D eigenvalue weighted by molar-refractivity contribution is -0.696. The number of hydrogen-bond acceptors (Lipinski definition) is 1. The first-order chi connectivity index (χ1) is 6.00. The summed E-state index contributed by atoms with van der Waals surface area (Å²) in [6.45, 7) is 4.52. The SMILES string of the molecule is CC(C)(O)C(I)C[n+]1ccccc1.[Cl-]. The molecule has 0 saturated heterocycles. The lowest BCUT2D eigenvalue weighted by atomic mass is 10.1. The minimum absolute atomic E-state index is 0. The van der Waals surface area contributed by atoms with Crippen molar-refractivity contribution in [3.05, 3.63) is 30.6 Å². The maximum atomic E-state index is 9.73. The van der Waals surface area contributed by atoms with Gasteiger partial charge in [0, 0.05) is 12.1 Å². The van der Waals surface area contributed by atoms with Gasteiger partial charge in [-0.3, -0.25) is 0 Å². The molecule has 80 valence electrons. The highest BCUT2D eigenvalue weighted by Gasteiger charge is 2.27. The highest BCUT2D eigenvalue weighted by molar-refractivity contribution is 14.1. The Hall–Kier alpha value is 0.130. The van der Waals surface area contributed by atoms with Crippen LogP contribution < -0.4 is 17.0 Å². The topological polar surface area (TPSA) is 24.1 Å². The highest BCUT2D eigenvalue weighted by Crippen LogP contribution is 2.17. The van der Waals surface area contributed by atoms with E-state index in [4.69, 9.17) is 0 Å². The number of aliphatic hydroxyl groups is 1. The van der Waals surface area contributed by atoms with Crippen molar-refractivity contribution in [2.45, 2.75) is 29.9 Å². The van der Waals surface area contributed by atoms with Crippen molar-refractivity contribution >= 4 is 22.6 Å². The smallest absolute Gasteiger partial charge is 0.168 e. The van der Waals surface area contributed by atoms with Crippen LogP contribution in [0, 0.1) is 0 Å². The molecule has 0 spiro atoms. The zero-order valence-electron chi connectivity index (χ0n) is 8.32. The summed E-state index contributed by atoms with van der Waals surface area (Å²) < 4.78 is 2.30. The Labute approximate surface area is 105 Å². The standard InChI is InChI=1S/C10H15INO.ClH/c1-10(2,13)9(11)8-12-6-4-3-5-7-12;/h3-7,9,13H,8H2,1-2H3;1H/q+1;/p-1. The molecule has 4 heteroatoms. The van der Waals surface area contributed by atoms with Crippen LogP contribution in [-0.4, -0.2) is 14.6 Å². The molecule has 1 rings (SSSR count). The molecule has 0 aromatic carbocycles. The van der Waals surface area contributed by atoms with E-state index < -0.39 is 5.60 Å². The average molecular weight is 328 g/mol. The molecule has 0 radical (unpaired) electrons. The van der Waals surface area contributed by atoms with Gasteiger partial charge in [0.05, 0.1) is 9.53 Å². The fraction of sp³-hybridized carbons (Fsp3) is 0.500. The molecular weight excluding hydrogens is 312 g/mol. The second-order valence-corrected chi connectivity index (χ2v) is 5.20. The van der Waals surface area contributed by atoms with Gasteiger partial charge in [-0.05, 0) is 13.8 Å². The molecule has 1 unspecified atom stereocenters. The zero-order valence-corrected chi connectivity index (χ0v) is 11.2. The fourth-order valence-corrected chi connectivity index (χ4v) is 1.42. The maximum absolute atomic E-state index is 9.73. The summed E-state index contributed by atoms with van der Waals surface area (Å²) >= 11 is 2.28. The van der Waals surface area contributed by atoms with Gasteiger partial charge < -0.3 is 17.5 Å². The molecule has 0 amide bonds. The minimum Gasteiger partial charge on any atom is -1.00 e. The number of nitrogens with zero attached hydrogens (tertiary/aromatic N) is 1. The summed E-state index contributed by atoms with van der Waals surface area (Å²) in [5.74, 6) is 0. The van der Waals surface area contributed by atoms with Crippen molar-refractivity contribution in [2.75, 3.05) is 0 Å². The van der Waals surface area contributed by atoms with Crippen LogP contribution in [0.15, 0.2) is 30.6 Å². The maximum Gasteiger partial charge on any atom is 0.168 e. The molecule has 14 heavy (non-hydrogen) atoms. The van der Waals surface area contributed by atoms with Gasteiger partial charge in [-0.2, -0.15) is 0 Å². The molecule has 1 N–H and O–H groups in total. The first-order valence-electron chi connectivity index (χ1n) is 4.30. The van der Waals surface area contributed by atoms with Gasteiger partial charge in [0.2, 0.25) is 0 Å². The second-order valence-electron chi connectivity index (χ2n) is 3.69. The molecule has 1 aromatic rings. The number of alkyl halides is 1. The minimum atomic E-state index is -0.622. The third-order valence-electron chi connectivity index (χ3n) is 1.91. The van der Waals surface area contributed by atoms with Crippen molar-refractivity contribution in [3.63, 3.8) is 0 Å². The first kappa shape index (κ1) is 14.1. The van der Waals surface area contributed by atoms with Gasteiger partial charge in [-0.15, -0.1) is 0 Å². The van der Waals surface area contributed by atoms with Gasteiger partial charge >= 0.3 is 0 Å². The Bertz CT molecular complexity index is 261. The molecular formula is C10H15ClINO. The Morgan fingerprint density at radius 1 is 1.29 bits per heavy atom. The predicted octanol–water partition coefficient (Wildman–Crippen LogP) is -1.45. The number of pyridine rings is 1. The lowest BCUT2D eigenvalue weighted by Gasteiger charge is -2.21. The summed E-state index contributed by atoms with van der Waals surface area (Å²) in [5, 5.41) is 9.73. The molecule has 1 atom stereocenters. The van der Waals surface area contributed by atoms with E-state index in [9.17, 15) is 5.11 Å². The van der Waals surface area contributed by atoms with Crippen LogP contribution in [-0.2, 0) is 6.54 Å². The lowest BCUT2D eigenvalue weighted by Crippen LogP contribution is -3.00. The summed E-state index contributed by atoms with van der Waals surface area (Å²) in [6, 6.07) is 5.98. The van der Waals surface area contributed by atoms with E-state index in [-0.39, 0.29) is 16.3 Å². The van der Waals surface area contributed by atoms with E-state index in [0.29, 0.717) is 0 Å². The largest absolute Gasteiger partial charge is 1.00 e. The molecule has 0 aliphatic carbocycles. The van der Waals surface area contributed by atoms with E-state index in [0.717, 1.165) is 6.54 Å². The number of rotatable bonds is 3. The Kier molecular flexibility index (Phi) is 5.93. The van der Waals surface area contributed by atoms with E-state index in [1.807, 2.05) is 44.4 Å². The van der Waals surface area contributed by atoms with Crippen LogP contribution in [0.4, 0.5) is 0 Å². The molecule has 0 fully saturated rings. The van der Waals surface area contributed by atoms with Crippen molar-refractivity contribution in [3.8, 4) is 0 Å². The zero-order chi connectivity index (χ0) is 9.90. The first-order valence-corrected chi connectivity index (χ1v) is 5.55. The number of aromatic nitrogens is 1. The molecule has 1 heterocycles. The number of hydrogen-bond donors (Lipinski definition) is 1. The summed E-state index contributed by atoms with van der Waals surface area (Å²) in [4.78, 5) is 0. The molecule has 0 saturated carbocycles. The molecule has 0 aliphatic heterocycles. The quantitative estimate of drug-likeness (QED) is 0.410. The predicted molar refractivity (Wildman–Crippen MR) is 60.7 cm³/mol. The van der Waals surface area contributed by atoms with Crippen molar-refractivity contribution < 1.29 is 22.1 Å². The molecule has 0 aliphatic rings. The monoisotopic (exact) mass is 327 g/mol. The Morgan fingerprint density at radius 3 is 2.21 bits per heavy atom. The molecule has 2 nitrogen and oxygen atoms in total. The Morgan fingerprint density at radius 2 is 1.79 bits per heavy atom. The van der Waals surface area contributed by atoms with E-state index in [1.54, 1.807) is 0 Å². The van der Waals surface area contributed by atoms with Gasteiger partial charge in [0.25, 0.3) is 0 Å². The van der Waals surface area contributed by atoms with Crippen LogP contribution in [0.2, 0.25) is 0 Å². The van der Waals surface area contributed by atoms with Crippen molar-refractivity contribution in [1.82, 2.24) is 0 Å². The molecule has 0 bridgehead atoms.